The number of halogens is 1. The molecule has 0 spiro atoms. The number of nitrogens with one attached hydrogen (secondary N) is 1. The second kappa shape index (κ2) is 7.18. The highest BCUT2D eigenvalue weighted by Gasteiger charge is 2.29. The van der Waals surface area contributed by atoms with E-state index in [1.807, 2.05) is 24.3 Å². The molecule has 0 aliphatic carbocycles. The molecule has 0 saturated heterocycles. The molecule has 2 rings (SSSR count). The van der Waals surface area contributed by atoms with Crippen molar-refractivity contribution in [2.75, 3.05) is 13.2 Å². The van der Waals surface area contributed by atoms with Crippen LogP contribution in [0.15, 0.2) is 53.5 Å². The second-order valence-electron chi connectivity index (χ2n) is 5.57. The molecule has 0 amide bonds. The summed E-state index contributed by atoms with van der Waals surface area (Å²) in [5.41, 5.74) is 8.48. The predicted octanol–water partition coefficient (Wildman–Crippen LogP) is 2.97. The van der Waals surface area contributed by atoms with Crippen LogP contribution in [0.4, 0.5) is 4.39 Å². The fraction of sp³-hybridized carbons (Fsp3) is 0.278. The van der Waals surface area contributed by atoms with Gasteiger partial charge in [-0.05, 0) is 35.7 Å². The Bertz CT molecular complexity index is 637. The van der Waals surface area contributed by atoms with Gasteiger partial charge in [0.1, 0.15) is 5.82 Å². The van der Waals surface area contributed by atoms with Crippen molar-refractivity contribution in [1.82, 2.24) is 5.32 Å². The van der Waals surface area contributed by atoms with Gasteiger partial charge in [0.05, 0.1) is 13.0 Å². The highest BCUT2D eigenvalue weighted by atomic mass is 19.1. The van der Waals surface area contributed by atoms with Crippen molar-refractivity contribution < 1.29 is 4.39 Å². The van der Waals surface area contributed by atoms with Crippen LogP contribution in [0.2, 0.25) is 0 Å². The van der Waals surface area contributed by atoms with Gasteiger partial charge in [-0.15, -0.1) is 0 Å². The SMILES string of the molecule is Cc1ccccc1C(C)(CNC/N=C\N)c1ccc(F)cc1. The molecule has 0 radical (unpaired) electrons. The maximum Gasteiger partial charge on any atom is 0.123 e. The lowest BCUT2D eigenvalue weighted by molar-refractivity contribution is 0.505. The Labute approximate surface area is 131 Å². The fourth-order valence-corrected chi connectivity index (χ4v) is 2.79. The molecular weight excluding hydrogens is 277 g/mol. The van der Waals surface area contributed by atoms with E-state index in [1.165, 1.54) is 29.6 Å². The molecule has 0 bridgehead atoms. The molecule has 22 heavy (non-hydrogen) atoms. The largest absolute Gasteiger partial charge is 0.390 e. The van der Waals surface area contributed by atoms with E-state index >= 15 is 0 Å². The molecule has 0 aliphatic heterocycles. The molecule has 1 atom stereocenters. The van der Waals surface area contributed by atoms with Crippen molar-refractivity contribution in [3.63, 3.8) is 0 Å². The predicted molar refractivity (Wildman–Crippen MR) is 89.6 cm³/mol. The van der Waals surface area contributed by atoms with Gasteiger partial charge in [-0.2, -0.15) is 0 Å². The van der Waals surface area contributed by atoms with Crippen LogP contribution in [0.1, 0.15) is 23.6 Å². The Morgan fingerprint density at radius 1 is 1.18 bits per heavy atom. The Balaban J connectivity index is 2.39. The first-order valence-corrected chi connectivity index (χ1v) is 7.31. The summed E-state index contributed by atoms with van der Waals surface area (Å²) in [7, 11) is 0. The standard InChI is InChI=1S/C18H22FN3/c1-14-5-3-4-6-17(14)18(2,11-21-13-22-12-20)15-7-9-16(19)10-8-15/h3-10,12,21H,11,13H2,1-2H3,(H2,20,22). The fourth-order valence-electron chi connectivity index (χ4n) is 2.79. The Kier molecular flexibility index (Phi) is 5.28. The zero-order valence-corrected chi connectivity index (χ0v) is 13.0. The van der Waals surface area contributed by atoms with Gasteiger partial charge in [0.15, 0.2) is 0 Å². The van der Waals surface area contributed by atoms with E-state index in [2.05, 4.69) is 36.3 Å². The lowest BCUT2D eigenvalue weighted by atomic mass is 9.74. The van der Waals surface area contributed by atoms with Gasteiger partial charge in [-0.25, -0.2) is 4.39 Å². The molecule has 2 aromatic rings. The summed E-state index contributed by atoms with van der Waals surface area (Å²) < 4.78 is 13.3. The topological polar surface area (TPSA) is 50.4 Å². The van der Waals surface area contributed by atoms with Gasteiger partial charge in [0, 0.05) is 12.0 Å². The number of aryl methyl sites for hydroxylation is 1. The zero-order valence-electron chi connectivity index (χ0n) is 13.0. The summed E-state index contributed by atoms with van der Waals surface area (Å²) in [6.45, 7) is 5.39. The van der Waals surface area contributed by atoms with E-state index in [0.29, 0.717) is 13.2 Å². The molecule has 0 heterocycles. The molecule has 3 nitrogen and oxygen atoms in total. The summed E-state index contributed by atoms with van der Waals surface area (Å²) in [4.78, 5) is 3.98. The average Bonchev–Trinajstić information content (AvgIpc) is 2.52. The molecule has 1 unspecified atom stereocenters. The summed E-state index contributed by atoms with van der Waals surface area (Å²) in [6, 6.07) is 15.0. The average molecular weight is 299 g/mol. The molecule has 0 fully saturated rings. The quantitative estimate of drug-likeness (QED) is 0.489. The number of rotatable bonds is 6. The minimum Gasteiger partial charge on any atom is -0.390 e. The lowest BCUT2D eigenvalue weighted by Crippen LogP contribution is -2.37. The van der Waals surface area contributed by atoms with Crippen LogP contribution in [0, 0.1) is 12.7 Å². The van der Waals surface area contributed by atoms with Crippen LogP contribution in [0.25, 0.3) is 0 Å². The van der Waals surface area contributed by atoms with Crippen LogP contribution in [0.5, 0.6) is 0 Å². The number of nitrogens with two attached hydrogens (primary N) is 1. The zero-order chi connectivity index (χ0) is 16.0. The first kappa shape index (κ1) is 16.2. The number of aliphatic imine (C=N–C) groups is 1. The highest BCUT2D eigenvalue weighted by molar-refractivity contribution is 5.51. The highest BCUT2D eigenvalue weighted by Crippen LogP contribution is 2.33. The molecule has 116 valence electrons. The third kappa shape index (κ3) is 3.52. The lowest BCUT2D eigenvalue weighted by Gasteiger charge is -2.32. The van der Waals surface area contributed by atoms with Crippen molar-refractivity contribution in [1.29, 1.82) is 0 Å². The number of nitrogens with zero attached hydrogens (tertiary/aromatic N) is 1. The maximum atomic E-state index is 13.3. The van der Waals surface area contributed by atoms with Gasteiger partial charge >= 0.3 is 0 Å². The minimum absolute atomic E-state index is 0.225. The third-order valence-electron chi connectivity index (χ3n) is 4.01. The van der Waals surface area contributed by atoms with Gasteiger partial charge in [-0.3, -0.25) is 10.3 Å². The van der Waals surface area contributed by atoms with Crippen molar-refractivity contribution in [2.45, 2.75) is 19.3 Å². The monoisotopic (exact) mass is 299 g/mol. The molecule has 0 aromatic heterocycles. The van der Waals surface area contributed by atoms with Gasteiger partial charge in [0.2, 0.25) is 0 Å². The van der Waals surface area contributed by atoms with E-state index in [-0.39, 0.29) is 11.2 Å². The third-order valence-corrected chi connectivity index (χ3v) is 4.01. The first-order chi connectivity index (χ1) is 10.6. The molecule has 0 saturated carbocycles. The van der Waals surface area contributed by atoms with Crippen LogP contribution in [-0.2, 0) is 5.41 Å². The molecule has 0 aliphatic rings. The maximum absolute atomic E-state index is 13.3. The normalized spacial score (nSPS) is 14.1. The Hall–Kier alpha value is -2.20. The summed E-state index contributed by atoms with van der Waals surface area (Å²) in [5, 5.41) is 3.29. The minimum atomic E-state index is -0.275. The van der Waals surface area contributed by atoms with Gasteiger partial charge < -0.3 is 5.73 Å². The van der Waals surface area contributed by atoms with E-state index in [4.69, 9.17) is 5.73 Å². The van der Waals surface area contributed by atoms with E-state index < -0.39 is 0 Å². The van der Waals surface area contributed by atoms with E-state index in [9.17, 15) is 4.39 Å². The molecule has 4 heteroatoms. The first-order valence-electron chi connectivity index (χ1n) is 7.31. The summed E-state index contributed by atoms with van der Waals surface area (Å²) in [6.07, 6.45) is 1.29. The van der Waals surface area contributed by atoms with Crippen molar-refractivity contribution in [2.24, 2.45) is 10.7 Å². The van der Waals surface area contributed by atoms with E-state index in [0.717, 1.165) is 5.56 Å². The van der Waals surface area contributed by atoms with Crippen LogP contribution in [-0.4, -0.2) is 19.6 Å². The van der Waals surface area contributed by atoms with E-state index in [1.54, 1.807) is 0 Å². The van der Waals surface area contributed by atoms with Crippen LogP contribution >= 0.6 is 0 Å². The Morgan fingerprint density at radius 3 is 2.50 bits per heavy atom. The summed E-state index contributed by atoms with van der Waals surface area (Å²) in [5.74, 6) is -0.225. The van der Waals surface area contributed by atoms with Gasteiger partial charge in [0.25, 0.3) is 0 Å². The Morgan fingerprint density at radius 2 is 1.86 bits per heavy atom. The number of hydrogen-bond acceptors (Lipinski definition) is 2. The second-order valence-corrected chi connectivity index (χ2v) is 5.57. The number of benzene rings is 2. The molecule has 2 aromatic carbocycles. The smallest absolute Gasteiger partial charge is 0.123 e. The van der Waals surface area contributed by atoms with Crippen LogP contribution in [0.3, 0.4) is 0 Å². The molecule has 3 N–H and O–H groups in total. The summed E-state index contributed by atoms with van der Waals surface area (Å²) >= 11 is 0. The van der Waals surface area contributed by atoms with Crippen LogP contribution < -0.4 is 11.1 Å². The molecular formula is C18H22FN3. The number of hydrogen-bond donors (Lipinski definition) is 2. The van der Waals surface area contributed by atoms with Crippen molar-refractivity contribution in [3.8, 4) is 0 Å². The van der Waals surface area contributed by atoms with Gasteiger partial charge in [-0.1, -0.05) is 43.3 Å². The van der Waals surface area contributed by atoms with Crippen molar-refractivity contribution >= 4 is 6.34 Å². The van der Waals surface area contributed by atoms with Crippen molar-refractivity contribution in [3.05, 3.63) is 71.0 Å².